The third-order valence-corrected chi connectivity index (χ3v) is 3.56. The van der Waals surface area contributed by atoms with Crippen LogP contribution in [0.15, 0.2) is 11.0 Å². The standard InChI is InChI=1S/C9H11N5OS/c15-8-6-5-10-13-7(6)11-9(12-8)14-1-3-16-4-2-14/h5H,1-4H2,(H2,10,11,12,13,15). The summed E-state index contributed by atoms with van der Waals surface area (Å²) < 4.78 is 0. The summed E-state index contributed by atoms with van der Waals surface area (Å²) in [6, 6.07) is 0. The maximum absolute atomic E-state index is 11.7. The average Bonchev–Trinajstić information content (AvgIpc) is 2.79. The summed E-state index contributed by atoms with van der Waals surface area (Å²) in [5.74, 6) is 2.79. The summed E-state index contributed by atoms with van der Waals surface area (Å²) in [7, 11) is 0. The largest absolute Gasteiger partial charge is 0.341 e. The summed E-state index contributed by atoms with van der Waals surface area (Å²) in [6.45, 7) is 1.85. The fourth-order valence-corrected chi connectivity index (χ4v) is 2.66. The first-order valence-electron chi connectivity index (χ1n) is 5.11. The van der Waals surface area contributed by atoms with Crippen LogP contribution in [0.4, 0.5) is 5.95 Å². The molecule has 7 heteroatoms. The van der Waals surface area contributed by atoms with Crippen molar-refractivity contribution >= 4 is 28.7 Å². The van der Waals surface area contributed by atoms with E-state index in [0.717, 1.165) is 24.6 Å². The Hall–Kier alpha value is -1.50. The van der Waals surface area contributed by atoms with Gasteiger partial charge in [-0.1, -0.05) is 0 Å². The number of nitrogens with zero attached hydrogens (tertiary/aromatic N) is 3. The van der Waals surface area contributed by atoms with Gasteiger partial charge in [-0.15, -0.1) is 0 Å². The number of rotatable bonds is 1. The van der Waals surface area contributed by atoms with Gasteiger partial charge < -0.3 is 4.90 Å². The molecule has 16 heavy (non-hydrogen) atoms. The molecule has 3 rings (SSSR count). The monoisotopic (exact) mass is 237 g/mol. The van der Waals surface area contributed by atoms with Gasteiger partial charge in [-0.05, 0) is 0 Å². The summed E-state index contributed by atoms with van der Waals surface area (Å²) >= 11 is 1.92. The van der Waals surface area contributed by atoms with Crippen LogP contribution in [0.5, 0.6) is 0 Å². The zero-order valence-electron chi connectivity index (χ0n) is 8.56. The van der Waals surface area contributed by atoms with Crippen molar-refractivity contribution in [3.63, 3.8) is 0 Å². The van der Waals surface area contributed by atoms with Gasteiger partial charge in [0.25, 0.3) is 5.56 Å². The molecule has 0 bridgehead atoms. The quantitative estimate of drug-likeness (QED) is 0.741. The van der Waals surface area contributed by atoms with Gasteiger partial charge in [-0.25, -0.2) is 0 Å². The maximum atomic E-state index is 11.7. The zero-order chi connectivity index (χ0) is 11.0. The van der Waals surface area contributed by atoms with E-state index in [1.165, 1.54) is 6.20 Å². The van der Waals surface area contributed by atoms with E-state index in [-0.39, 0.29) is 5.56 Å². The van der Waals surface area contributed by atoms with Crippen LogP contribution in [0.2, 0.25) is 0 Å². The number of thioether (sulfide) groups is 1. The highest BCUT2D eigenvalue weighted by molar-refractivity contribution is 7.99. The Bertz CT molecular complexity index is 556. The van der Waals surface area contributed by atoms with Gasteiger partial charge >= 0.3 is 0 Å². The molecule has 1 aliphatic heterocycles. The highest BCUT2D eigenvalue weighted by Crippen LogP contribution is 2.15. The SMILES string of the molecule is O=c1[nH]c(N2CCSCC2)nc2[nH]ncc12. The number of aromatic nitrogens is 4. The van der Waals surface area contributed by atoms with Crippen molar-refractivity contribution in [2.24, 2.45) is 0 Å². The summed E-state index contributed by atoms with van der Waals surface area (Å²) in [5, 5.41) is 7.05. The zero-order valence-corrected chi connectivity index (χ0v) is 9.38. The van der Waals surface area contributed by atoms with Crippen LogP contribution < -0.4 is 10.5 Å². The van der Waals surface area contributed by atoms with Crippen molar-refractivity contribution < 1.29 is 0 Å². The van der Waals surface area contributed by atoms with E-state index in [1.807, 2.05) is 11.8 Å². The molecule has 0 amide bonds. The Kier molecular flexibility index (Phi) is 2.32. The third-order valence-electron chi connectivity index (χ3n) is 2.62. The fraction of sp³-hybridized carbons (Fsp3) is 0.444. The van der Waals surface area contributed by atoms with Crippen LogP contribution in [-0.4, -0.2) is 44.8 Å². The molecule has 2 N–H and O–H groups in total. The number of nitrogens with one attached hydrogen (secondary N) is 2. The molecule has 1 saturated heterocycles. The number of aromatic amines is 2. The van der Waals surface area contributed by atoms with E-state index in [9.17, 15) is 4.79 Å². The van der Waals surface area contributed by atoms with Gasteiger partial charge in [0.2, 0.25) is 5.95 Å². The van der Waals surface area contributed by atoms with Crippen LogP contribution in [0, 0.1) is 0 Å². The van der Waals surface area contributed by atoms with Crippen molar-refractivity contribution in [3.8, 4) is 0 Å². The Morgan fingerprint density at radius 1 is 1.38 bits per heavy atom. The topological polar surface area (TPSA) is 77.7 Å². The Balaban J connectivity index is 2.06. The van der Waals surface area contributed by atoms with E-state index < -0.39 is 0 Å². The Morgan fingerprint density at radius 2 is 2.19 bits per heavy atom. The van der Waals surface area contributed by atoms with Crippen molar-refractivity contribution in [1.82, 2.24) is 20.2 Å². The van der Waals surface area contributed by atoms with Gasteiger partial charge in [-0.3, -0.25) is 14.9 Å². The number of H-pyrrole nitrogens is 2. The van der Waals surface area contributed by atoms with Gasteiger partial charge in [0.1, 0.15) is 5.39 Å². The van der Waals surface area contributed by atoms with Crippen molar-refractivity contribution in [2.75, 3.05) is 29.5 Å². The first-order chi connectivity index (χ1) is 7.84. The highest BCUT2D eigenvalue weighted by Gasteiger charge is 2.14. The Morgan fingerprint density at radius 3 is 3.00 bits per heavy atom. The second-order valence-corrected chi connectivity index (χ2v) is 4.85. The first kappa shape index (κ1) is 9.71. The Labute approximate surface area is 95.4 Å². The lowest BCUT2D eigenvalue weighted by molar-refractivity contribution is 0.815. The molecule has 1 aliphatic rings. The molecule has 2 aromatic heterocycles. The smallest absolute Gasteiger partial charge is 0.263 e. The normalized spacial score (nSPS) is 16.9. The van der Waals surface area contributed by atoms with Crippen LogP contribution in [0.3, 0.4) is 0 Å². The van der Waals surface area contributed by atoms with Crippen LogP contribution in [-0.2, 0) is 0 Å². The minimum atomic E-state index is -0.132. The maximum Gasteiger partial charge on any atom is 0.263 e. The molecule has 3 heterocycles. The predicted molar refractivity (Wildman–Crippen MR) is 64.0 cm³/mol. The third kappa shape index (κ3) is 1.57. The average molecular weight is 237 g/mol. The minimum Gasteiger partial charge on any atom is -0.341 e. The van der Waals surface area contributed by atoms with E-state index in [2.05, 4.69) is 25.1 Å². The highest BCUT2D eigenvalue weighted by atomic mass is 32.2. The molecular formula is C9H11N5OS. The van der Waals surface area contributed by atoms with Crippen molar-refractivity contribution in [1.29, 1.82) is 0 Å². The first-order valence-corrected chi connectivity index (χ1v) is 6.26. The van der Waals surface area contributed by atoms with Gasteiger partial charge in [0.15, 0.2) is 5.65 Å². The molecule has 0 unspecified atom stereocenters. The second kappa shape index (κ2) is 3.82. The van der Waals surface area contributed by atoms with Crippen LogP contribution in [0.1, 0.15) is 0 Å². The molecule has 6 nitrogen and oxygen atoms in total. The summed E-state index contributed by atoms with van der Waals surface area (Å²) in [6.07, 6.45) is 1.50. The lowest BCUT2D eigenvalue weighted by atomic mass is 10.4. The second-order valence-electron chi connectivity index (χ2n) is 3.62. The van der Waals surface area contributed by atoms with Crippen LogP contribution >= 0.6 is 11.8 Å². The number of hydrogen-bond acceptors (Lipinski definition) is 5. The van der Waals surface area contributed by atoms with Crippen molar-refractivity contribution in [2.45, 2.75) is 0 Å². The van der Waals surface area contributed by atoms with E-state index in [4.69, 9.17) is 0 Å². The molecule has 0 aliphatic carbocycles. The van der Waals surface area contributed by atoms with Gasteiger partial charge in [0, 0.05) is 24.6 Å². The molecule has 0 atom stereocenters. The molecule has 84 valence electrons. The molecule has 1 fully saturated rings. The van der Waals surface area contributed by atoms with Crippen molar-refractivity contribution in [3.05, 3.63) is 16.6 Å². The minimum absolute atomic E-state index is 0.132. The van der Waals surface area contributed by atoms with E-state index in [1.54, 1.807) is 0 Å². The predicted octanol–water partition coefficient (Wildman–Crippen LogP) is 0.199. The van der Waals surface area contributed by atoms with E-state index >= 15 is 0 Å². The van der Waals surface area contributed by atoms with Gasteiger partial charge in [-0.2, -0.15) is 21.8 Å². The lowest BCUT2D eigenvalue weighted by Crippen LogP contribution is -2.35. The molecule has 0 aromatic carbocycles. The molecule has 0 spiro atoms. The van der Waals surface area contributed by atoms with Crippen LogP contribution in [0.25, 0.3) is 11.0 Å². The number of fused-ring (bicyclic) bond motifs is 1. The van der Waals surface area contributed by atoms with Gasteiger partial charge in [0.05, 0.1) is 6.20 Å². The fourth-order valence-electron chi connectivity index (χ4n) is 1.76. The molecule has 2 aromatic rings. The lowest BCUT2D eigenvalue weighted by Gasteiger charge is -2.26. The van der Waals surface area contributed by atoms with E-state index in [0.29, 0.717) is 17.0 Å². The molecule has 0 radical (unpaired) electrons. The summed E-state index contributed by atoms with van der Waals surface area (Å²) in [4.78, 5) is 21.0. The molecule has 0 saturated carbocycles. The number of anilines is 1. The summed E-state index contributed by atoms with van der Waals surface area (Å²) in [5.41, 5.74) is 0.420. The number of hydrogen-bond donors (Lipinski definition) is 2. The molecular weight excluding hydrogens is 226 g/mol.